The molecule has 1 aromatic carbocycles. The molecule has 2 amide bonds. The van der Waals surface area contributed by atoms with Crippen LogP contribution >= 0.6 is 0 Å². The Labute approximate surface area is 176 Å². The smallest absolute Gasteiger partial charge is 0.409 e. The summed E-state index contributed by atoms with van der Waals surface area (Å²) in [6.07, 6.45) is 4.25. The first kappa shape index (κ1) is 20.6. The molecule has 1 spiro atoms. The van der Waals surface area contributed by atoms with Crippen molar-refractivity contribution in [2.45, 2.75) is 57.1 Å². The van der Waals surface area contributed by atoms with E-state index in [0.29, 0.717) is 28.8 Å². The van der Waals surface area contributed by atoms with Crippen molar-refractivity contribution in [1.82, 2.24) is 9.80 Å². The van der Waals surface area contributed by atoms with Gasteiger partial charge in [0.05, 0.1) is 25.2 Å². The van der Waals surface area contributed by atoms with Gasteiger partial charge in [-0.15, -0.1) is 0 Å². The Morgan fingerprint density at radius 3 is 2.67 bits per heavy atom. The molecule has 30 heavy (non-hydrogen) atoms. The average Bonchev–Trinajstić information content (AvgIpc) is 3.07. The maximum atomic E-state index is 12.8. The summed E-state index contributed by atoms with van der Waals surface area (Å²) in [4.78, 5) is 23.9. The van der Waals surface area contributed by atoms with Crippen molar-refractivity contribution in [3.05, 3.63) is 23.8 Å². The van der Waals surface area contributed by atoms with Gasteiger partial charge < -0.3 is 15.5 Å². The number of likely N-dealkylation sites (tertiary alicyclic amines) is 1. The van der Waals surface area contributed by atoms with Crippen molar-refractivity contribution >= 4 is 23.4 Å². The highest BCUT2D eigenvalue weighted by Crippen LogP contribution is 2.47. The molecule has 0 radical (unpaired) electrons. The lowest BCUT2D eigenvalue weighted by molar-refractivity contribution is -0.131. The summed E-state index contributed by atoms with van der Waals surface area (Å²) >= 11 is 0. The number of rotatable bonds is 3. The first-order valence-electron chi connectivity index (χ1n) is 10.8. The summed E-state index contributed by atoms with van der Waals surface area (Å²) < 4.78 is 0.566. The molecule has 160 valence electrons. The highest BCUT2D eigenvalue weighted by molar-refractivity contribution is 5.86. The molecule has 8 nitrogen and oxygen atoms in total. The Hall–Kier alpha value is -2.63. The molecule has 2 saturated heterocycles. The van der Waals surface area contributed by atoms with Gasteiger partial charge in [0.25, 0.3) is 0 Å². The number of carboxylic acid groups (broad SMARTS) is 1. The van der Waals surface area contributed by atoms with Gasteiger partial charge in [-0.3, -0.25) is 14.6 Å². The highest BCUT2D eigenvalue weighted by Gasteiger charge is 2.56. The Morgan fingerprint density at radius 1 is 1.27 bits per heavy atom. The SMILES string of the molecule is N#Cc1cc(NC(=O)O)ccc1[N+]1(C2CCC(O)CC2)CCC[C@@]2(CCNC2=O)C1. The van der Waals surface area contributed by atoms with Crippen molar-refractivity contribution in [2.24, 2.45) is 5.41 Å². The van der Waals surface area contributed by atoms with E-state index < -0.39 is 11.5 Å². The second-order valence-corrected chi connectivity index (χ2v) is 9.04. The molecule has 2 heterocycles. The van der Waals surface area contributed by atoms with E-state index in [1.54, 1.807) is 12.1 Å². The van der Waals surface area contributed by atoms with Crippen LogP contribution < -0.4 is 15.1 Å². The molecule has 0 aromatic heterocycles. The molecule has 2 aliphatic heterocycles. The number of carbonyl (C=O) groups excluding carboxylic acids is 1. The minimum Gasteiger partial charge on any atom is -0.465 e. The zero-order valence-corrected chi connectivity index (χ0v) is 17.1. The molecule has 0 bridgehead atoms. The lowest BCUT2D eigenvalue weighted by Crippen LogP contribution is -2.66. The number of nitriles is 1. The predicted molar refractivity (Wildman–Crippen MR) is 112 cm³/mol. The number of aliphatic hydroxyl groups excluding tert-OH is 1. The summed E-state index contributed by atoms with van der Waals surface area (Å²) in [5.41, 5.74) is 1.26. The number of hydrogen-bond donors (Lipinski definition) is 4. The molecule has 3 fully saturated rings. The lowest BCUT2D eigenvalue weighted by atomic mass is 9.74. The fourth-order valence-electron chi connectivity index (χ4n) is 5.99. The topological polar surface area (TPSA) is 122 Å². The van der Waals surface area contributed by atoms with E-state index in [9.17, 15) is 20.0 Å². The molecule has 3 aliphatic rings. The fraction of sp³-hybridized carbons (Fsp3) is 0.591. The quantitative estimate of drug-likeness (QED) is 0.567. The van der Waals surface area contributed by atoms with E-state index in [1.807, 2.05) is 6.07 Å². The number of hydrogen-bond acceptors (Lipinski definition) is 4. The van der Waals surface area contributed by atoms with Gasteiger partial charge in [0.2, 0.25) is 5.91 Å². The van der Waals surface area contributed by atoms with Crippen LogP contribution in [-0.4, -0.2) is 54.0 Å². The van der Waals surface area contributed by atoms with Crippen molar-refractivity contribution in [3.8, 4) is 6.07 Å². The number of anilines is 1. The first-order chi connectivity index (χ1) is 14.4. The second-order valence-electron chi connectivity index (χ2n) is 9.04. The van der Waals surface area contributed by atoms with Crippen LogP contribution in [0.1, 0.15) is 50.5 Å². The highest BCUT2D eigenvalue weighted by atomic mass is 16.4. The van der Waals surface area contributed by atoms with Gasteiger partial charge in [-0.05, 0) is 44.2 Å². The van der Waals surface area contributed by atoms with Crippen LogP contribution in [0.15, 0.2) is 18.2 Å². The van der Waals surface area contributed by atoms with Crippen LogP contribution in [0.3, 0.4) is 0 Å². The molecule has 1 aliphatic carbocycles. The zero-order valence-electron chi connectivity index (χ0n) is 17.1. The minimum atomic E-state index is -1.17. The van der Waals surface area contributed by atoms with Crippen LogP contribution in [0.2, 0.25) is 0 Å². The summed E-state index contributed by atoms with van der Waals surface area (Å²) in [5.74, 6) is 0.114. The Morgan fingerprint density at radius 2 is 2.03 bits per heavy atom. The third kappa shape index (κ3) is 3.53. The monoisotopic (exact) mass is 413 g/mol. The maximum Gasteiger partial charge on any atom is 0.409 e. The number of carbonyl (C=O) groups is 2. The van der Waals surface area contributed by atoms with Crippen molar-refractivity contribution < 1.29 is 19.8 Å². The van der Waals surface area contributed by atoms with Crippen LogP contribution in [0.25, 0.3) is 0 Å². The average molecular weight is 413 g/mol. The number of benzene rings is 1. The lowest BCUT2D eigenvalue weighted by Gasteiger charge is -2.53. The van der Waals surface area contributed by atoms with Gasteiger partial charge in [-0.2, -0.15) is 5.26 Å². The van der Waals surface area contributed by atoms with Gasteiger partial charge in [0, 0.05) is 31.1 Å². The third-order valence-electron chi connectivity index (χ3n) is 7.38. The molecular formula is C22H29N4O4+. The second kappa shape index (κ2) is 7.89. The van der Waals surface area contributed by atoms with E-state index in [0.717, 1.165) is 57.2 Å². The molecule has 8 heteroatoms. The Bertz CT molecular complexity index is 890. The van der Waals surface area contributed by atoms with E-state index in [2.05, 4.69) is 16.7 Å². The molecule has 1 aromatic rings. The van der Waals surface area contributed by atoms with Crippen LogP contribution in [-0.2, 0) is 4.79 Å². The zero-order chi connectivity index (χ0) is 21.4. The normalized spacial score (nSPS) is 33.7. The third-order valence-corrected chi connectivity index (χ3v) is 7.38. The molecule has 2 atom stereocenters. The minimum absolute atomic E-state index is 0.114. The van der Waals surface area contributed by atoms with E-state index in [1.165, 1.54) is 0 Å². The number of piperidine rings is 1. The maximum absolute atomic E-state index is 12.8. The van der Waals surface area contributed by atoms with Crippen LogP contribution in [0, 0.1) is 16.7 Å². The molecule has 1 saturated carbocycles. The molecule has 1 unspecified atom stereocenters. The Balaban J connectivity index is 1.79. The van der Waals surface area contributed by atoms with E-state index in [-0.39, 0.29) is 18.1 Å². The number of nitrogens with zero attached hydrogens (tertiary/aromatic N) is 2. The Kier molecular flexibility index (Phi) is 5.43. The number of quaternary nitrogens is 1. The predicted octanol–water partition coefficient (Wildman–Crippen LogP) is 2.56. The first-order valence-corrected chi connectivity index (χ1v) is 10.8. The van der Waals surface area contributed by atoms with Crippen molar-refractivity contribution in [3.63, 3.8) is 0 Å². The summed E-state index contributed by atoms with van der Waals surface area (Å²) in [6.45, 7) is 2.19. The van der Waals surface area contributed by atoms with Gasteiger partial charge >= 0.3 is 6.09 Å². The van der Waals surface area contributed by atoms with E-state index in [4.69, 9.17) is 5.11 Å². The molecule has 4 rings (SSSR count). The summed E-state index contributed by atoms with van der Waals surface area (Å²) in [6, 6.07) is 7.66. The van der Waals surface area contributed by atoms with Crippen LogP contribution in [0.5, 0.6) is 0 Å². The summed E-state index contributed by atoms with van der Waals surface area (Å²) in [5, 5.41) is 34.3. The standard InChI is InChI=1S/C22H28N4O4/c23-13-15-12-16(25-21(29)30)2-7-19(15)26(17-3-5-18(27)6-4-17)11-1-8-22(14-26)9-10-24-20(22)28/h2,7,12,17-18,25,27H,1,3-6,8-11,14H2,(H-,24,28,29,30)/p+1/t17?,18?,22-,26?/m1/s1. The number of nitrogens with one attached hydrogen (secondary N) is 2. The van der Waals surface area contributed by atoms with Gasteiger partial charge in [-0.25, -0.2) is 4.79 Å². The number of amides is 2. The molecule has 4 N–H and O–H groups in total. The van der Waals surface area contributed by atoms with Crippen LogP contribution in [0.4, 0.5) is 16.2 Å². The van der Waals surface area contributed by atoms with Gasteiger partial charge in [-0.1, -0.05) is 0 Å². The van der Waals surface area contributed by atoms with Crippen molar-refractivity contribution in [1.29, 1.82) is 5.26 Å². The fourth-order valence-corrected chi connectivity index (χ4v) is 5.99. The summed E-state index contributed by atoms with van der Waals surface area (Å²) in [7, 11) is 0. The molecular weight excluding hydrogens is 384 g/mol. The van der Waals surface area contributed by atoms with Gasteiger partial charge in [0.1, 0.15) is 17.0 Å². The van der Waals surface area contributed by atoms with Crippen molar-refractivity contribution in [2.75, 3.05) is 25.0 Å². The van der Waals surface area contributed by atoms with Gasteiger partial charge in [0.15, 0.2) is 5.69 Å². The van der Waals surface area contributed by atoms with E-state index >= 15 is 0 Å². The largest absolute Gasteiger partial charge is 0.465 e. The number of aliphatic hydroxyl groups is 1.